The molecule has 0 saturated carbocycles. The zero-order valence-electron chi connectivity index (χ0n) is 21.4. The third kappa shape index (κ3) is 5.72. The Morgan fingerprint density at radius 1 is 1.24 bits per heavy atom. The molecule has 0 aromatic heterocycles. The molecule has 9 nitrogen and oxygen atoms in total. The van der Waals surface area contributed by atoms with Crippen LogP contribution in [0.3, 0.4) is 0 Å². The van der Waals surface area contributed by atoms with Gasteiger partial charge in [0.25, 0.3) is 0 Å². The van der Waals surface area contributed by atoms with E-state index in [4.69, 9.17) is 9.47 Å². The first-order chi connectivity index (χ1) is 15.4. The highest BCUT2D eigenvalue weighted by molar-refractivity contribution is 5.94. The first-order valence-corrected chi connectivity index (χ1v) is 12.0. The van der Waals surface area contributed by atoms with Crippen LogP contribution in [0.4, 0.5) is 4.79 Å². The molecule has 9 heteroatoms. The SMILES string of the molecule is C[C@H](OC1=CC(N2C[C@@H](C)N(C(=O)OC(C)(C)C)[C@@H](C)C2)=NC(C#N)N1C)[C@@H]1CCCN1C. The van der Waals surface area contributed by atoms with Crippen molar-refractivity contribution in [3.8, 4) is 6.07 Å². The van der Waals surface area contributed by atoms with Crippen molar-refractivity contribution in [1.82, 2.24) is 19.6 Å². The van der Waals surface area contributed by atoms with Crippen molar-refractivity contribution >= 4 is 11.9 Å². The molecule has 0 aliphatic carbocycles. The van der Waals surface area contributed by atoms with Crippen molar-refractivity contribution in [1.29, 1.82) is 5.26 Å². The molecule has 3 aliphatic rings. The number of nitrogens with zero attached hydrogens (tertiary/aromatic N) is 6. The van der Waals surface area contributed by atoms with Gasteiger partial charge in [-0.2, -0.15) is 5.26 Å². The Labute approximate surface area is 198 Å². The van der Waals surface area contributed by atoms with E-state index in [1.54, 1.807) is 9.80 Å². The minimum atomic E-state index is -0.650. The van der Waals surface area contributed by atoms with Crippen LogP contribution in [0, 0.1) is 11.3 Å². The molecule has 3 aliphatic heterocycles. The molecule has 0 radical (unpaired) electrons. The largest absolute Gasteiger partial charge is 0.474 e. The van der Waals surface area contributed by atoms with Crippen molar-refractivity contribution in [2.24, 2.45) is 4.99 Å². The van der Waals surface area contributed by atoms with Gasteiger partial charge in [0.1, 0.15) is 23.6 Å². The maximum Gasteiger partial charge on any atom is 0.410 e. The van der Waals surface area contributed by atoms with Gasteiger partial charge in [-0.05, 0) is 68.0 Å². The highest BCUT2D eigenvalue weighted by atomic mass is 16.6. The van der Waals surface area contributed by atoms with Crippen LogP contribution >= 0.6 is 0 Å². The summed E-state index contributed by atoms with van der Waals surface area (Å²) >= 11 is 0. The van der Waals surface area contributed by atoms with Crippen LogP contribution in [-0.2, 0) is 9.47 Å². The number of amides is 1. The first kappa shape index (κ1) is 25.2. The Morgan fingerprint density at radius 2 is 1.88 bits per heavy atom. The zero-order valence-corrected chi connectivity index (χ0v) is 21.4. The van der Waals surface area contributed by atoms with Crippen molar-refractivity contribution in [3.05, 3.63) is 12.0 Å². The fourth-order valence-corrected chi connectivity index (χ4v) is 4.97. The third-order valence-corrected chi connectivity index (χ3v) is 6.61. The van der Waals surface area contributed by atoms with E-state index in [0.29, 0.717) is 25.0 Å². The van der Waals surface area contributed by atoms with E-state index in [1.807, 2.05) is 47.7 Å². The lowest BCUT2D eigenvalue weighted by Crippen LogP contribution is -2.60. The number of likely N-dealkylation sites (N-methyl/N-ethyl adjacent to an activating group) is 1. The van der Waals surface area contributed by atoms with Gasteiger partial charge in [-0.25, -0.2) is 9.79 Å². The smallest absolute Gasteiger partial charge is 0.410 e. The van der Waals surface area contributed by atoms with Crippen LogP contribution in [0.5, 0.6) is 0 Å². The van der Waals surface area contributed by atoms with Gasteiger partial charge in [-0.15, -0.1) is 0 Å². The lowest BCUT2D eigenvalue weighted by Gasteiger charge is -2.46. The maximum atomic E-state index is 12.8. The molecule has 3 heterocycles. The van der Waals surface area contributed by atoms with Gasteiger partial charge in [0.2, 0.25) is 6.17 Å². The van der Waals surface area contributed by atoms with Gasteiger partial charge < -0.3 is 19.3 Å². The van der Waals surface area contributed by atoms with Crippen LogP contribution in [0.15, 0.2) is 17.0 Å². The lowest BCUT2D eigenvalue weighted by atomic mass is 10.1. The molecular weight excluding hydrogens is 420 g/mol. The van der Waals surface area contributed by atoms with Gasteiger partial charge in [0.05, 0.1) is 12.1 Å². The molecule has 184 valence electrons. The molecule has 1 unspecified atom stereocenters. The second-order valence-electron chi connectivity index (χ2n) is 10.6. The van der Waals surface area contributed by atoms with E-state index < -0.39 is 11.8 Å². The van der Waals surface area contributed by atoms with E-state index in [9.17, 15) is 10.1 Å². The van der Waals surface area contributed by atoms with Gasteiger partial charge in [-0.3, -0.25) is 9.80 Å². The Morgan fingerprint density at radius 3 is 2.39 bits per heavy atom. The van der Waals surface area contributed by atoms with Gasteiger partial charge >= 0.3 is 6.09 Å². The predicted octanol–water partition coefficient (Wildman–Crippen LogP) is 2.85. The van der Waals surface area contributed by atoms with Crippen molar-refractivity contribution in [2.75, 3.05) is 33.7 Å². The Kier molecular flexibility index (Phi) is 7.47. The molecule has 33 heavy (non-hydrogen) atoms. The minimum Gasteiger partial charge on any atom is -0.474 e. The molecule has 2 fully saturated rings. The zero-order chi connectivity index (χ0) is 24.5. The van der Waals surface area contributed by atoms with E-state index in [-0.39, 0.29) is 24.3 Å². The highest BCUT2D eigenvalue weighted by Gasteiger charge is 2.38. The Balaban J connectivity index is 1.76. The standard InChI is InChI=1S/C24H40N6O3/c1-16-14-29(15-17(2)30(16)23(31)33-24(4,5)6)20-12-22(28(8)21(13-25)26-20)32-18(3)19-10-9-11-27(19)7/h12,16-19,21H,9-11,14-15H2,1-8H3/t16-,17+,18-,19-,21?/m0/s1. The number of aliphatic imine (C=N–C) groups is 1. The van der Waals surface area contributed by atoms with Crippen LogP contribution in [0.1, 0.15) is 54.4 Å². The molecule has 0 aromatic rings. The Bertz CT molecular complexity index is 817. The fourth-order valence-electron chi connectivity index (χ4n) is 4.97. The van der Waals surface area contributed by atoms with Gasteiger partial charge in [0.15, 0.2) is 5.88 Å². The average molecular weight is 461 g/mol. The number of ether oxygens (including phenoxy) is 2. The number of hydrogen-bond donors (Lipinski definition) is 0. The summed E-state index contributed by atoms with van der Waals surface area (Å²) in [5.74, 6) is 1.39. The van der Waals surface area contributed by atoms with Crippen LogP contribution in [0.2, 0.25) is 0 Å². The number of amidine groups is 1. The summed E-state index contributed by atoms with van der Waals surface area (Å²) in [6, 6.07) is 2.52. The van der Waals surface area contributed by atoms with E-state index in [0.717, 1.165) is 18.8 Å². The van der Waals surface area contributed by atoms with Crippen LogP contribution in [0.25, 0.3) is 0 Å². The fraction of sp³-hybridized carbons (Fsp3) is 0.792. The molecule has 2 saturated heterocycles. The van der Waals surface area contributed by atoms with Gasteiger partial charge in [0, 0.05) is 32.3 Å². The number of hydrogen-bond acceptors (Lipinski definition) is 8. The summed E-state index contributed by atoms with van der Waals surface area (Å²) in [7, 11) is 3.98. The van der Waals surface area contributed by atoms with Crippen molar-refractivity contribution < 1.29 is 14.3 Å². The monoisotopic (exact) mass is 460 g/mol. The van der Waals surface area contributed by atoms with Crippen molar-refractivity contribution in [2.45, 2.75) is 90.4 Å². The maximum absolute atomic E-state index is 12.8. The number of rotatable bonds is 3. The predicted molar refractivity (Wildman–Crippen MR) is 127 cm³/mol. The molecule has 0 bridgehead atoms. The summed E-state index contributed by atoms with van der Waals surface area (Å²) in [5.41, 5.74) is -0.537. The van der Waals surface area contributed by atoms with E-state index >= 15 is 0 Å². The Hall–Kier alpha value is -2.47. The molecule has 5 atom stereocenters. The normalized spacial score (nSPS) is 29.8. The lowest BCUT2D eigenvalue weighted by molar-refractivity contribution is -0.00692. The van der Waals surface area contributed by atoms with Crippen molar-refractivity contribution in [3.63, 3.8) is 0 Å². The molecular formula is C24H40N6O3. The summed E-state index contributed by atoms with van der Waals surface area (Å²) in [6.45, 7) is 14.1. The van der Waals surface area contributed by atoms with Gasteiger partial charge in [-0.1, -0.05) is 0 Å². The average Bonchev–Trinajstić information content (AvgIpc) is 3.13. The third-order valence-electron chi connectivity index (χ3n) is 6.61. The minimum absolute atomic E-state index is 0.00626. The molecule has 0 N–H and O–H groups in total. The number of nitriles is 1. The van der Waals surface area contributed by atoms with E-state index in [1.165, 1.54) is 6.42 Å². The molecule has 0 spiro atoms. The summed E-state index contributed by atoms with van der Waals surface area (Å²) in [6.07, 6.45) is 3.28. The molecule has 0 aromatic carbocycles. The molecule has 1 amide bonds. The van der Waals surface area contributed by atoms with Crippen LogP contribution < -0.4 is 0 Å². The number of likely N-dealkylation sites (tertiary alicyclic amines) is 1. The van der Waals surface area contributed by atoms with Crippen LogP contribution in [-0.4, -0.2) is 101 Å². The highest BCUT2D eigenvalue weighted by Crippen LogP contribution is 2.26. The summed E-state index contributed by atoms with van der Waals surface area (Å²) in [4.78, 5) is 25.5. The second-order valence-corrected chi connectivity index (χ2v) is 10.6. The summed E-state index contributed by atoms with van der Waals surface area (Å²) in [5, 5.41) is 9.73. The molecule has 3 rings (SSSR count). The number of carbonyl (C=O) groups excluding carboxylic acids is 1. The first-order valence-electron chi connectivity index (χ1n) is 12.0. The number of carbonyl (C=O) groups is 1. The number of piperazine rings is 1. The summed E-state index contributed by atoms with van der Waals surface area (Å²) < 4.78 is 12.0. The van der Waals surface area contributed by atoms with E-state index in [2.05, 4.69) is 34.8 Å². The topological polar surface area (TPSA) is 84.6 Å². The second kappa shape index (κ2) is 9.80. The quantitative estimate of drug-likeness (QED) is 0.640.